The monoisotopic (exact) mass is 556 g/mol. The van der Waals surface area contributed by atoms with Crippen molar-refractivity contribution in [2.75, 3.05) is 18.6 Å². The minimum atomic E-state index is -0.304. The molecule has 2 aromatic heterocycles. The molecule has 0 spiro atoms. The van der Waals surface area contributed by atoms with Gasteiger partial charge in [-0.1, -0.05) is 26.0 Å². The van der Waals surface area contributed by atoms with Crippen LogP contribution in [0.3, 0.4) is 0 Å². The van der Waals surface area contributed by atoms with E-state index in [-0.39, 0.29) is 23.8 Å². The Bertz CT molecular complexity index is 1380. The summed E-state index contributed by atoms with van der Waals surface area (Å²) >= 11 is 0. The second kappa shape index (κ2) is 12.9. The first-order valence-corrected chi connectivity index (χ1v) is 14.9. The molecule has 1 aromatic carbocycles. The van der Waals surface area contributed by atoms with E-state index in [0.29, 0.717) is 61.4 Å². The highest BCUT2D eigenvalue weighted by molar-refractivity contribution is 5.95. The van der Waals surface area contributed by atoms with E-state index in [1.165, 1.54) is 0 Å². The number of aliphatic hydroxyl groups excluding tert-OH is 1. The molecule has 5 rings (SSSR count). The van der Waals surface area contributed by atoms with Gasteiger partial charge in [0.2, 0.25) is 5.91 Å². The highest BCUT2D eigenvalue weighted by atomic mass is 16.5. The molecule has 216 valence electrons. The number of carbonyl (C=O) groups is 1. The largest absolute Gasteiger partial charge is 0.494 e. The lowest BCUT2D eigenvalue weighted by Crippen LogP contribution is -2.41. The molecule has 3 aromatic rings. The predicted molar refractivity (Wildman–Crippen MR) is 157 cm³/mol. The molecule has 2 heterocycles. The number of nitriles is 1. The Labute approximate surface area is 242 Å². The number of rotatable bonds is 8. The third-order valence-corrected chi connectivity index (χ3v) is 8.69. The number of pyridine rings is 1. The van der Waals surface area contributed by atoms with Crippen LogP contribution in [0.25, 0.3) is 11.3 Å². The van der Waals surface area contributed by atoms with Gasteiger partial charge in [-0.3, -0.25) is 4.79 Å². The molecule has 2 saturated carbocycles. The van der Waals surface area contributed by atoms with Crippen molar-refractivity contribution in [3.63, 3.8) is 0 Å². The maximum Gasteiger partial charge on any atom is 0.230 e. The van der Waals surface area contributed by atoms with Crippen molar-refractivity contribution in [3.8, 4) is 23.1 Å². The Kier molecular flexibility index (Phi) is 9.04. The van der Waals surface area contributed by atoms with Gasteiger partial charge in [-0.2, -0.15) is 5.26 Å². The summed E-state index contributed by atoms with van der Waals surface area (Å²) in [4.78, 5) is 25.2. The van der Waals surface area contributed by atoms with Crippen LogP contribution >= 0.6 is 0 Å². The van der Waals surface area contributed by atoms with Crippen LogP contribution in [0.15, 0.2) is 47.1 Å². The molecule has 1 amide bonds. The highest BCUT2D eigenvalue weighted by Crippen LogP contribution is 2.38. The summed E-state index contributed by atoms with van der Waals surface area (Å²) < 4.78 is 10.9. The number of ether oxygens (including phenoxy) is 1. The SMILES string of the molecule is COc1ccc(C2CCC(CN(C(=O)C3CCC(O)CC3)c3cccc(-c4coc(C(C)C)n4)c3)CC2)nc1C#N. The number of hydrogen-bond donors (Lipinski definition) is 1. The molecular weight excluding hydrogens is 516 g/mol. The van der Waals surface area contributed by atoms with Gasteiger partial charge in [0, 0.05) is 41.2 Å². The zero-order valence-corrected chi connectivity index (χ0v) is 24.3. The lowest BCUT2D eigenvalue weighted by atomic mass is 9.79. The number of carbonyl (C=O) groups excluding carboxylic acids is 1. The molecule has 0 radical (unpaired) electrons. The lowest BCUT2D eigenvalue weighted by molar-refractivity contribution is -0.124. The normalized spacial score (nSPS) is 22.7. The molecule has 0 atom stereocenters. The fourth-order valence-electron chi connectivity index (χ4n) is 6.22. The van der Waals surface area contributed by atoms with Crippen LogP contribution in [-0.2, 0) is 4.79 Å². The number of aromatic nitrogens is 2. The van der Waals surface area contributed by atoms with E-state index in [9.17, 15) is 15.2 Å². The molecular formula is C33H40N4O4. The van der Waals surface area contributed by atoms with E-state index >= 15 is 0 Å². The van der Waals surface area contributed by atoms with Crippen molar-refractivity contribution in [2.45, 2.75) is 83.2 Å². The van der Waals surface area contributed by atoms with Crippen LogP contribution < -0.4 is 9.64 Å². The Balaban J connectivity index is 1.34. The van der Waals surface area contributed by atoms with Crippen LogP contribution in [0, 0.1) is 23.2 Å². The lowest BCUT2D eigenvalue weighted by Gasteiger charge is -2.35. The number of benzene rings is 1. The Morgan fingerprint density at radius 1 is 1.10 bits per heavy atom. The van der Waals surface area contributed by atoms with Crippen molar-refractivity contribution in [1.29, 1.82) is 5.26 Å². The second-order valence-corrected chi connectivity index (χ2v) is 11.8. The molecule has 2 aliphatic rings. The number of nitrogens with zero attached hydrogens (tertiary/aromatic N) is 4. The van der Waals surface area contributed by atoms with E-state index in [0.717, 1.165) is 48.3 Å². The van der Waals surface area contributed by atoms with Crippen LogP contribution in [0.4, 0.5) is 5.69 Å². The molecule has 2 aliphatic carbocycles. The third-order valence-electron chi connectivity index (χ3n) is 8.69. The second-order valence-electron chi connectivity index (χ2n) is 11.8. The molecule has 0 unspecified atom stereocenters. The van der Waals surface area contributed by atoms with Gasteiger partial charge in [0.05, 0.1) is 13.2 Å². The van der Waals surface area contributed by atoms with E-state index in [1.807, 2.05) is 41.3 Å². The van der Waals surface area contributed by atoms with Crippen LogP contribution in [0.5, 0.6) is 5.75 Å². The first-order chi connectivity index (χ1) is 19.9. The smallest absolute Gasteiger partial charge is 0.230 e. The van der Waals surface area contributed by atoms with Crippen molar-refractivity contribution >= 4 is 11.6 Å². The number of amides is 1. The molecule has 41 heavy (non-hydrogen) atoms. The van der Waals surface area contributed by atoms with E-state index in [4.69, 9.17) is 9.15 Å². The highest BCUT2D eigenvalue weighted by Gasteiger charge is 2.33. The summed E-state index contributed by atoms with van der Waals surface area (Å²) in [6.07, 6.45) is 8.05. The molecule has 1 N–H and O–H groups in total. The van der Waals surface area contributed by atoms with Crippen LogP contribution in [0.2, 0.25) is 0 Å². The summed E-state index contributed by atoms with van der Waals surface area (Å²) in [5, 5.41) is 19.5. The number of anilines is 1. The van der Waals surface area contributed by atoms with Gasteiger partial charge in [0.15, 0.2) is 17.3 Å². The Morgan fingerprint density at radius 2 is 1.85 bits per heavy atom. The summed E-state index contributed by atoms with van der Waals surface area (Å²) in [6, 6.07) is 14.0. The van der Waals surface area contributed by atoms with Crippen molar-refractivity contribution in [3.05, 3.63) is 59.9 Å². The third kappa shape index (κ3) is 6.62. The number of methoxy groups -OCH3 is 1. The maximum atomic E-state index is 14.0. The first kappa shape index (κ1) is 28.8. The Hall–Kier alpha value is -3.70. The van der Waals surface area contributed by atoms with E-state index < -0.39 is 0 Å². The molecule has 0 aliphatic heterocycles. The average Bonchev–Trinajstić information content (AvgIpc) is 3.51. The summed E-state index contributed by atoms with van der Waals surface area (Å²) in [5.74, 6) is 2.12. The van der Waals surface area contributed by atoms with Gasteiger partial charge in [-0.15, -0.1) is 0 Å². The molecule has 8 nitrogen and oxygen atoms in total. The van der Waals surface area contributed by atoms with Crippen LogP contribution in [-0.4, -0.2) is 40.7 Å². The zero-order valence-electron chi connectivity index (χ0n) is 24.3. The minimum absolute atomic E-state index is 0.0779. The number of hydrogen-bond acceptors (Lipinski definition) is 7. The molecule has 0 saturated heterocycles. The zero-order chi connectivity index (χ0) is 28.9. The predicted octanol–water partition coefficient (Wildman–Crippen LogP) is 6.60. The van der Waals surface area contributed by atoms with Crippen molar-refractivity contribution in [2.24, 2.45) is 11.8 Å². The van der Waals surface area contributed by atoms with Crippen LogP contribution in [0.1, 0.15) is 94.3 Å². The topological polar surface area (TPSA) is 112 Å². The minimum Gasteiger partial charge on any atom is -0.494 e. The summed E-state index contributed by atoms with van der Waals surface area (Å²) in [6.45, 7) is 4.76. The van der Waals surface area contributed by atoms with Gasteiger partial charge in [-0.05, 0) is 81.5 Å². The van der Waals surface area contributed by atoms with E-state index in [2.05, 4.69) is 29.9 Å². The van der Waals surface area contributed by atoms with Gasteiger partial charge >= 0.3 is 0 Å². The van der Waals surface area contributed by atoms with E-state index in [1.54, 1.807) is 13.4 Å². The fraction of sp³-hybridized carbons (Fsp3) is 0.515. The van der Waals surface area contributed by atoms with Gasteiger partial charge in [0.1, 0.15) is 18.0 Å². The fourth-order valence-corrected chi connectivity index (χ4v) is 6.22. The number of aliphatic hydroxyl groups is 1. The van der Waals surface area contributed by atoms with Gasteiger partial charge < -0.3 is 19.2 Å². The first-order valence-electron chi connectivity index (χ1n) is 14.9. The molecule has 0 bridgehead atoms. The molecule has 8 heteroatoms. The average molecular weight is 557 g/mol. The summed E-state index contributed by atoms with van der Waals surface area (Å²) in [7, 11) is 1.55. The standard InChI is InChI=1S/C33H40N4O4/c1-21(2)32-36-30(20-41-32)25-5-4-6-26(17-25)37(33(39)24-11-13-27(38)14-12-24)19-22-7-9-23(10-8-22)28-15-16-31(40-3)29(18-34)35-28/h4-6,15-17,20-24,27,38H,7-14,19H2,1-3H3. The number of oxazole rings is 1. The van der Waals surface area contributed by atoms with Gasteiger partial charge in [-0.25, -0.2) is 9.97 Å². The van der Waals surface area contributed by atoms with Crippen molar-refractivity contribution < 1.29 is 19.1 Å². The summed E-state index contributed by atoms with van der Waals surface area (Å²) in [5.41, 5.74) is 3.85. The quantitative estimate of drug-likeness (QED) is 0.333. The molecule has 2 fully saturated rings. The maximum absolute atomic E-state index is 14.0. The van der Waals surface area contributed by atoms with Gasteiger partial charge in [0.25, 0.3) is 0 Å². The Morgan fingerprint density at radius 3 is 2.51 bits per heavy atom. The van der Waals surface area contributed by atoms with Crippen molar-refractivity contribution in [1.82, 2.24) is 9.97 Å².